The van der Waals surface area contributed by atoms with E-state index in [-0.39, 0.29) is 0 Å². The zero-order valence-corrected chi connectivity index (χ0v) is 14.5. The molecule has 0 radical (unpaired) electrons. The van der Waals surface area contributed by atoms with Gasteiger partial charge in [-0.1, -0.05) is 26.2 Å². The third-order valence-corrected chi connectivity index (χ3v) is 5.56. The lowest BCUT2D eigenvalue weighted by atomic mass is 9.92. The van der Waals surface area contributed by atoms with Gasteiger partial charge in [0.15, 0.2) is 0 Å². The van der Waals surface area contributed by atoms with Crippen LogP contribution in [0.2, 0.25) is 0 Å². The SMILES string of the molecule is CCc1ccc(CN2CCN(C3CCCCC3)[C@H](CCO)C2)o1. The molecular formula is C19H32N2O2. The van der Waals surface area contributed by atoms with Gasteiger partial charge in [-0.25, -0.2) is 0 Å². The second kappa shape index (κ2) is 8.32. The van der Waals surface area contributed by atoms with E-state index in [1.807, 2.05) is 0 Å². The van der Waals surface area contributed by atoms with E-state index in [9.17, 15) is 5.11 Å². The Morgan fingerprint density at radius 2 is 1.91 bits per heavy atom. The summed E-state index contributed by atoms with van der Waals surface area (Å²) < 4.78 is 5.87. The van der Waals surface area contributed by atoms with Gasteiger partial charge in [0.05, 0.1) is 6.54 Å². The van der Waals surface area contributed by atoms with Crippen molar-refractivity contribution in [2.24, 2.45) is 0 Å². The predicted octanol–water partition coefficient (Wildman–Crippen LogP) is 3.04. The predicted molar refractivity (Wildman–Crippen MR) is 92.4 cm³/mol. The van der Waals surface area contributed by atoms with Crippen molar-refractivity contribution >= 4 is 0 Å². The quantitative estimate of drug-likeness (QED) is 0.874. The summed E-state index contributed by atoms with van der Waals surface area (Å²) in [6, 6.07) is 5.46. The first-order valence-corrected chi connectivity index (χ1v) is 9.46. The average Bonchev–Trinajstić information content (AvgIpc) is 3.04. The highest BCUT2D eigenvalue weighted by Gasteiger charge is 2.32. The molecule has 0 unspecified atom stereocenters. The first-order chi connectivity index (χ1) is 11.3. The minimum absolute atomic E-state index is 0.294. The van der Waals surface area contributed by atoms with Gasteiger partial charge >= 0.3 is 0 Å². The molecule has 0 amide bonds. The fourth-order valence-corrected chi connectivity index (χ4v) is 4.29. The molecule has 2 fully saturated rings. The number of aliphatic hydroxyl groups is 1. The summed E-state index contributed by atoms with van der Waals surface area (Å²) in [4.78, 5) is 5.20. The Morgan fingerprint density at radius 1 is 1.13 bits per heavy atom. The molecule has 1 aromatic rings. The molecule has 0 aromatic carbocycles. The number of hydrogen-bond acceptors (Lipinski definition) is 4. The van der Waals surface area contributed by atoms with Gasteiger partial charge in [-0.15, -0.1) is 0 Å². The molecule has 1 saturated heterocycles. The van der Waals surface area contributed by atoms with Crippen LogP contribution in [0.15, 0.2) is 16.5 Å². The van der Waals surface area contributed by atoms with Gasteiger partial charge in [0.1, 0.15) is 11.5 Å². The minimum atomic E-state index is 0.294. The second-order valence-corrected chi connectivity index (χ2v) is 7.15. The van der Waals surface area contributed by atoms with Crippen LogP contribution in [0.1, 0.15) is 57.0 Å². The van der Waals surface area contributed by atoms with Gasteiger partial charge in [-0.2, -0.15) is 0 Å². The molecule has 1 N–H and O–H groups in total. The van der Waals surface area contributed by atoms with Crippen molar-refractivity contribution in [1.82, 2.24) is 9.80 Å². The molecule has 1 aliphatic heterocycles. The molecule has 0 spiro atoms. The van der Waals surface area contributed by atoms with Crippen LogP contribution < -0.4 is 0 Å². The van der Waals surface area contributed by atoms with Crippen LogP contribution in [-0.2, 0) is 13.0 Å². The van der Waals surface area contributed by atoms with E-state index in [0.29, 0.717) is 12.6 Å². The van der Waals surface area contributed by atoms with E-state index < -0.39 is 0 Å². The van der Waals surface area contributed by atoms with Crippen molar-refractivity contribution in [1.29, 1.82) is 0 Å². The molecule has 3 rings (SSSR count). The van der Waals surface area contributed by atoms with Crippen LogP contribution in [0.25, 0.3) is 0 Å². The van der Waals surface area contributed by atoms with Gasteiger partial charge in [-0.3, -0.25) is 9.80 Å². The smallest absolute Gasteiger partial charge is 0.118 e. The summed E-state index contributed by atoms with van der Waals surface area (Å²) >= 11 is 0. The van der Waals surface area contributed by atoms with Crippen molar-refractivity contribution in [2.45, 2.75) is 70.5 Å². The lowest BCUT2D eigenvalue weighted by Gasteiger charge is -2.46. The lowest BCUT2D eigenvalue weighted by Crippen LogP contribution is -2.56. The van der Waals surface area contributed by atoms with Gasteiger partial charge in [0.2, 0.25) is 0 Å². The van der Waals surface area contributed by atoms with E-state index >= 15 is 0 Å². The van der Waals surface area contributed by atoms with E-state index in [4.69, 9.17) is 4.42 Å². The molecule has 4 nitrogen and oxygen atoms in total. The molecular weight excluding hydrogens is 288 g/mol. The summed E-state index contributed by atoms with van der Waals surface area (Å²) in [6.07, 6.45) is 8.71. The van der Waals surface area contributed by atoms with Crippen LogP contribution in [0.5, 0.6) is 0 Å². The largest absolute Gasteiger partial charge is 0.465 e. The Labute approximate surface area is 140 Å². The van der Waals surface area contributed by atoms with Crippen LogP contribution in [0.3, 0.4) is 0 Å². The number of nitrogens with zero attached hydrogens (tertiary/aromatic N) is 2. The Kier molecular flexibility index (Phi) is 6.15. The summed E-state index contributed by atoms with van der Waals surface area (Å²) in [5.41, 5.74) is 0. The zero-order valence-electron chi connectivity index (χ0n) is 14.5. The lowest BCUT2D eigenvalue weighted by molar-refractivity contribution is 0.0115. The van der Waals surface area contributed by atoms with Gasteiger partial charge in [0.25, 0.3) is 0 Å². The van der Waals surface area contributed by atoms with Crippen LogP contribution >= 0.6 is 0 Å². The average molecular weight is 320 g/mol. The maximum atomic E-state index is 9.48. The van der Waals surface area contributed by atoms with Crippen molar-refractivity contribution in [3.63, 3.8) is 0 Å². The summed E-state index contributed by atoms with van der Waals surface area (Å²) in [5, 5.41) is 9.48. The molecule has 4 heteroatoms. The third-order valence-electron chi connectivity index (χ3n) is 5.56. The summed E-state index contributed by atoms with van der Waals surface area (Å²) in [6.45, 7) is 6.63. The maximum Gasteiger partial charge on any atom is 0.118 e. The minimum Gasteiger partial charge on any atom is -0.465 e. The molecule has 2 heterocycles. The first kappa shape index (κ1) is 17.0. The van der Waals surface area contributed by atoms with Crippen LogP contribution in [0, 0.1) is 0 Å². The van der Waals surface area contributed by atoms with E-state index in [1.54, 1.807) is 0 Å². The topological polar surface area (TPSA) is 39.9 Å². The Hall–Kier alpha value is -0.840. The maximum absolute atomic E-state index is 9.48. The van der Waals surface area contributed by atoms with Crippen molar-refractivity contribution in [3.8, 4) is 0 Å². The second-order valence-electron chi connectivity index (χ2n) is 7.15. The Balaban J connectivity index is 1.58. The van der Waals surface area contributed by atoms with Gasteiger partial charge < -0.3 is 9.52 Å². The number of hydrogen-bond donors (Lipinski definition) is 1. The van der Waals surface area contributed by atoms with Crippen molar-refractivity contribution < 1.29 is 9.52 Å². The Morgan fingerprint density at radius 3 is 2.61 bits per heavy atom. The fourth-order valence-electron chi connectivity index (χ4n) is 4.29. The number of aryl methyl sites for hydroxylation is 1. The van der Waals surface area contributed by atoms with Gasteiger partial charge in [-0.05, 0) is 31.4 Å². The number of piperazine rings is 1. The highest BCUT2D eigenvalue weighted by molar-refractivity contribution is 5.07. The number of rotatable bonds is 6. The monoisotopic (exact) mass is 320 g/mol. The Bertz CT molecular complexity index is 468. The van der Waals surface area contributed by atoms with E-state index in [2.05, 4.69) is 28.9 Å². The van der Waals surface area contributed by atoms with Crippen molar-refractivity contribution in [3.05, 3.63) is 23.7 Å². The van der Waals surface area contributed by atoms with E-state index in [0.717, 1.165) is 56.6 Å². The first-order valence-electron chi connectivity index (χ1n) is 9.46. The van der Waals surface area contributed by atoms with Crippen LogP contribution in [0.4, 0.5) is 0 Å². The number of furan rings is 1. The molecule has 23 heavy (non-hydrogen) atoms. The summed E-state index contributed by atoms with van der Waals surface area (Å²) in [7, 11) is 0. The summed E-state index contributed by atoms with van der Waals surface area (Å²) in [5.74, 6) is 2.16. The third kappa shape index (κ3) is 4.37. The molecule has 0 bridgehead atoms. The molecule has 1 aromatic heterocycles. The van der Waals surface area contributed by atoms with E-state index in [1.165, 1.54) is 32.1 Å². The van der Waals surface area contributed by atoms with Gasteiger partial charge in [0, 0.05) is 44.7 Å². The van der Waals surface area contributed by atoms with Crippen molar-refractivity contribution in [2.75, 3.05) is 26.2 Å². The molecule has 1 aliphatic carbocycles. The molecule has 1 saturated carbocycles. The highest BCUT2D eigenvalue weighted by atomic mass is 16.3. The standard InChI is InChI=1S/C19H32N2O2/c1-2-18-8-9-19(23-18)15-20-11-12-21(17(14-20)10-13-22)16-6-4-3-5-7-16/h8-9,16-17,22H,2-7,10-15H2,1H3/t17-/m1/s1. The number of aliphatic hydroxyl groups excluding tert-OH is 1. The molecule has 130 valence electrons. The fraction of sp³-hybridized carbons (Fsp3) is 0.789. The molecule has 1 atom stereocenters. The zero-order chi connectivity index (χ0) is 16.1. The normalized spacial score (nSPS) is 25.0. The highest BCUT2D eigenvalue weighted by Crippen LogP contribution is 2.27. The molecule has 2 aliphatic rings. The van der Waals surface area contributed by atoms with Crippen LogP contribution in [-0.4, -0.2) is 53.2 Å².